The van der Waals surface area contributed by atoms with Crippen LogP contribution in [0.15, 0.2) is 0 Å². The van der Waals surface area contributed by atoms with Crippen molar-refractivity contribution in [2.45, 2.75) is 116 Å². The zero-order chi connectivity index (χ0) is 20.5. The van der Waals surface area contributed by atoms with Gasteiger partial charge in [0, 0.05) is 0 Å². The van der Waals surface area contributed by atoms with Crippen LogP contribution < -0.4 is 0 Å². The summed E-state index contributed by atoms with van der Waals surface area (Å²) in [5.41, 5.74) is 0. The Morgan fingerprint density at radius 3 is 1.62 bits per heavy atom. The zero-order valence-electron chi connectivity index (χ0n) is 18.7. The van der Waals surface area contributed by atoms with Gasteiger partial charge >= 0.3 is 0 Å². The largest absolute Gasteiger partial charge is 0.247 e. The maximum absolute atomic E-state index is 15.2. The first-order valence-corrected chi connectivity index (χ1v) is 12.9. The van der Waals surface area contributed by atoms with E-state index in [2.05, 4.69) is 6.92 Å². The van der Waals surface area contributed by atoms with Crippen LogP contribution in [0.2, 0.25) is 0 Å². The van der Waals surface area contributed by atoms with Crippen LogP contribution in [0.4, 0.5) is 13.2 Å². The normalized spacial score (nSPS) is 52.2. The van der Waals surface area contributed by atoms with Crippen molar-refractivity contribution in [1.29, 1.82) is 0 Å². The Morgan fingerprint density at radius 1 is 0.483 bits per heavy atom. The molecule has 4 fully saturated rings. The number of hydrogen-bond acceptors (Lipinski definition) is 0. The highest BCUT2D eigenvalue weighted by Crippen LogP contribution is 2.49. The minimum atomic E-state index is -1.37. The maximum atomic E-state index is 15.2. The van der Waals surface area contributed by atoms with Crippen LogP contribution in [0.3, 0.4) is 0 Å². The molecule has 0 N–H and O–H groups in total. The van der Waals surface area contributed by atoms with Crippen LogP contribution in [0, 0.1) is 47.3 Å². The summed E-state index contributed by atoms with van der Waals surface area (Å²) in [5, 5.41) is 0. The molecule has 0 radical (unpaired) electrons. The molecule has 168 valence electrons. The topological polar surface area (TPSA) is 0 Å². The molecule has 0 aromatic carbocycles. The van der Waals surface area contributed by atoms with E-state index in [1.165, 1.54) is 51.4 Å². The van der Waals surface area contributed by atoms with E-state index in [0.29, 0.717) is 12.3 Å². The Balaban J connectivity index is 1.25. The fourth-order valence-electron chi connectivity index (χ4n) is 7.71. The quantitative estimate of drug-likeness (QED) is 0.439. The Kier molecular flexibility index (Phi) is 7.22. The van der Waals surface area contributed by atoms with Gasteiger partial charge in [0.05, 0.1) is 0 Å². The summed E-state index contributed by atoms with van der Waals surface area (Å²) in [7, 11) is 0. The fourth-order valence-corrected chi connectivity index (χ4v) is 7.71. The summed E-state index contributed by atoms with van der Waals surface area (Å²) in [6.45, 7) is 4.20. The zero-order valence-corrected chi connectivity index (χ0v) is 18.7. The van der Waals surface area contributed by atoms with Gasteiger partial charge in [0.15, 0.2) is 0 Å². The summed E-state index contributed by atoms with van der Waals surface area (Å²) in [6, 6.07) is 0. The molecule has 4 aliphatic carbocycles. The van der Waals surface area contributed by atoms with Gasteiger partial charge in [-0.3, -0.25) is 0 Å². The fraction of sp³-hybridized carbons (Fsp3) is 1.00. The molecular weight excluding hydrogens is 369 g/mol. The lowest BCUT2D eigenvalue weighted by Gasteiger charge is -2.45. The first-order chi connectivity index (χ1) is 13.9. The molecule has 0 aliphatic heterocycles. The summed E-state index contributed by atoms with van der Waals surface area (Å²) < 4.78 is 44.0. The molecule has 0 bridgehead atoms. The highest BCUT2D eigenvalue weighted by Gasteiger charge is 2.46. The Labute approximate surface area is 176 Å². The van der Waals surface area contributed by atoms with Gasteiger partial charge in [0.25, 0.3) is 0 Å². The van der Waals surface area contributed by atoms with Gasteiger partial charge in [-0.25, -0.2) is 13.2 Å². The Bertz CT molecular complexity index is 506. The number of halogens is 3. The van der Waals surface area contributed by atoms with Crippen molar-refractivity contribution in [2.24, 2.45) is 47.3 Å². The second kappa shape index (κ2) is 9.51. The molecule has 0 heterocycles. The molecular formula is C26H43F3. The number of rotatable bonds is 3. The first-order valence-electron chi connectivity index (χ1n) is 12.9. The van der Waals surface area contributed by atoms with Gasteiger partial charge in [-0.1, -0.05) is 26.7 Å². The molecule has 0 aromatic rings. The summed E-state index contributed by atoms with van der Waals surface area (Å²) in [6.07, 6.45) is 10.9. The Morgan fingerprint density at radius 2 is 1.00 bits per heavy atom. The van der Waals surface area contributed by atoms with Crippen molar-refractivity contribution in [3.05, 3.63) is 0 Å². The van der Waals surface area contributed by atoms with Gasteiger partial charge < -0.3 is 0 Å². The van der Waals surface area contributed by atoms with Crippen LogP contribution in [0.1, 0.15) is 97.3 Å². The van der Waals surface area contributed by atoms with E-state index >= 15 is 4.39 Å². The number of hydrogen-bond donors (Lipinski definition) is 0. The van der Waals surface area contributed by atoms with Crippen LogP contribution >= 0.6 is 0 Å². The monoisotopic (exact) mass is 412 g/mol. The second-order valence-corrected chi connectivity index (χ2v) is 11.6. The predicted octanol–water partition coefficient (Wildman–Crippen LogP) is 8.10. The molecule has 0 saturated heterocycles. The third-order valence-corrected chi connectivity index (χ3v) is 9.83. The van der Waals surface area contributed by atoms with Crippen molar-refractivity contribution in [1.82, 2.24) is 0 Å². The average molecular weight is 413 g/mol. The molecule has 7 atom stereocenters. The van der Waals surface area contributed by atoms with E-state index < -0.39 is 18.5 Å². The van der Waals surface area contributed by atoms with E-state index in [1.807, 2.05) is 6.92 Å². The molecule has 0 amide bonds. The maximum Gasteiger partial charge on any atom is 0.134 e. The molecule has 0 aromatic heterocycles. The highest BCUT2D eigenvalue weighted by molar-refractivity contribution is 4.95. The van der Waals surface area contributed by atoms with Gasteiger partial charge in [-0.05, 0) is 118 Å². The van der Waals surface area contributed by atoms with Gasteiger partial charge in [0.2, 0.25) is 0 Å². The van der Waals surface area contributed by atoms with Gasteiger partial charge in [-0.15, -0.1) is 0 Å². The highest BCUT2D eigenvalue weighted by atomic mass is 19.2. The number of alkyl halides is 3. The molecule has 0 nitrogen and oxygen atoms in total. The van der Waals surface area contributed by atoms with E-state index in [0.717, 1.165) is 43.4 Å². The lowest BCUT2D eigenvalue weighted by Crippen LogP contribution is -2.44. The van der Waals surface area contributed by atoms with Crippen molar-refractivity contribution >= 4 is 0 Å². The lowest BCUT2D eigenvalue weighted by molar-refractivity contribution is -0.0288. The molecule has 4 aliphatic rings. The van der Waals surface area contributed by atoms with Crippen molar-refractivity contribution in [3.63, 3.8) is 0 Å². The molecule has 4 saturated carbocycles. The van der Waals surface area contributed by atoms with E-state index in [-0.39, 0.29) is 23.7 Å². The van der Waals surface area contributed by atoms with Crippen LogP contribution in [0.25, 0.3) is 0 Å². The van der Waals surface area contributed by atoms with E-state index in [4.69, 9.17) is 0 Å². The summed E-state index contributed by atoms with van der Waals surface area (Å²) in [4.78, 5) is 0. The van der Waals surface area contributed by atoms with Gasteiger partial charge in [0.1, 0.15) is 18.5 Å². The van der Waals surface area contributed by atoms with Gasteiger partial charge in [-0.2, -0.15) is 0 Å². The summed E-state index contributed by atoms with van der Waals surface area (Å²) >= 11 is 0. The first kappa shape index (κ1) is 22.0. The van der Waals surface area contributed by atoms with Crippen molar-refractivity contribution in [2.75, 3.05) is 0 Å². The minimum Gasteiger partial charge on any atom is -0.247 e. The van der Waals surface area contributed by atoms with E-state index in [9.17, 15) is 8.78 Å². The van der Waals surface area contributed by atoms with Crippen molar-refractivity contribution < 1.29 is 13.2 Å². The molecule has 29 heavy (non-hydrogen) atoms. The Hall–Kier alpha value is -0.210. The third kappa shape index (κ3) is 4.84. The average Bonchev–Trinajstić information content (AvgIpc) is 2.73. The molecule has 4 rings (SSSR count). The van der Waals surface area contributed by atoms with Crippen LogP contribution in [0.5, 0.6) is 0 Å². The van der Waals surface area contributed by atoms with Crippen molar-refractivity contribution in [3.8, 4) is 0 Å². The molecule has 3 heteroatoms. The SMILES string of the molecule is CC1CCC(C2CCC(C3CCC(C4CCC(C)C(F)C4F)CC3F)CC2)CC1. The lowest BCUT2D eigenvalue weighted by atomic mass is 9.62. The standard InChI is InChI=1S/C26H43F3/c1-16-3-6-18(7-4-16)19-8-10-20(11-9-19)22-14-12-21(15-24(22)27)23-13-5-17(2)25(28)26(23)29/h16-26H,3-15H2,1-2H3. The second-order valence-electron chi connectivity index (χ2n) is 11.6. The van der Waals surface area contributed by atoms with E-state index in [1.54, 1.807) is 0 Å². The molecule has 7 unspecified atom stereocenters. The molecule has 0 spiro atoms. The minimum absolute atomic E-state index is 0.0579. The van der Waals surface area contributed by atoms with Crippen LogP contribution in [-0.2, 0) is 0 Å². The summed E-state index contributed by atoms with van der Waals surface area (Å²) in [5.74, 6) is 3.06. The van der Waals surface area contributed by atoms with Crippen LogP contribution in [-0.4, -0.2) is 18.5 Å². The third-order valence-electron chi connectivity index (χ3n) is 9.83. The smallest absolute Gasteiger partial charge is 0.134 e. The predicted molar refractivity (Wildman–Crippen MR) is 114 cm³/mol.